The van der Waals surface area contributed by atoms with Crippen molar-refractivity contribution < 1.29 is 5.11 Å². The van der Waals surface area contributed by atoms with E-state index in [1.54, 1.807) is 0 Å². The molecule has 0 aliphatic heterocycles. The van der Waals surface area contributed by atoms with Gasteiger partial charge in [-0.05, 0) is 97.7 Å². The quantitative estimate of drug-likeness (QED) is 0.541. The molecule has 0 bridgehead atoms. The Hall–Kier alpha value is -0.0400. The molecule has 0 radical (unpaired) electrons. The minimum atomic E-state index is -0.0112. The molecule has 4 saturated carbocycles. The van der Waals surface area contributed by atoms with E-state index in [0.717, 1.165) is 36.0 Å². The lowest BCUT2D eigenvalue weighted by atomic mass is 9.43. The summed E-state index contributed by atoms with van der Waals surface area (Å²) in [6.45, 7) is 14.0. The van der Waals surface area contributed by atoms with E-state index in [9.17, 15) is 5.11 Å². The van der Waals surface area contributed by atoms with E-state index in [0.29, 0.717) is 16.7 Å². The van der Waals surface area contributed by atoms with Crippen LogP contribution in [-0.2, 0) is 0 Å². The van der Waals surface area contributed by atoms with Gasteiger partial charge >= 0.3 is 0 Å². The topological polar surface area (TPSA) is 20.2 Å². The molecule has 0 aromatic rings. The summed E-state index contributed by atoms with van der Waals surface area (Å²) in [5.41, 5.74) is 1.06. The van der Waals surface area contributed by atoms with Crippen molar-refractivity contribution >= 4 is 0 Å². The Labute approximate surface area is 170 Å². The standard InChI is InChI=1S/C24H42O.C2H6/c1-5-6-7-17-8-9-19-22-20(11-13-23(17,19)3)24(4)12-10-16(2)14-18(24)15-21(22)25;1-2/h16-22,25H,5-15H2,1-4H3;1-2H3/t16-,17?,18?,19?,20?,21-,22?,23?,24?;/m1./s1. The first-order valence-corrected chi connectivity index (χ1v) is 12.6. The summed E-state index contributed by atoms with van der Waals surface area (Å²) in [4.78, 5) is 0. The molecule has 158 valence electrons. The molecule has 9 atom stereocenters. The Kier molecular flexibility index (Phi) is 6.72. The Bertz CT molecular complexity index is 487. The zero-order valence-corrected chi connectivity index (χ0v) is 19.3. The number of hydrogen-bond donors (Lipinski definition) is 1. The molecule has 0 aromatic heterocycles. The lowest BCUT2D eigenvalue weighted by molar-refractivity contribution is -0.167. The van der Waals surface area contributed by atoms with Crippen LogP contribution in [0.5, 0.6) is 0 Å². The lowest BCUT2D eigenvalue weighted by Crippen LogP contribution is -2.58. The third-order valence-corrected chi connectivity index (χ3v) is 10.0. The van der Waals surface area contributed by atoms with Crippen molar-refractivity contribution in [3.05, 3.63) is 0 Å². The Morgan fingerprint density at radius 1 is 0.889 bits per heavy atom. The highest BCUT2D eigenvalue weighted by Gasteiger charge is 2.62. The van der Waals surface area contributed by atoms with Crippen LogP contribution in [-0.4, -0.2) is 11.2 Å². The number of fused-ring (bicyclic) bond motifs is 5. The van der Waals surface area contributed by atoms with Crippen LogP contribution in [0.15, 0.2) is 0 Å². The van der Waals surface area contributed by atoms with Gasteiger partial charge in [-0.1, -0.05) is 60.8 Å². The highest BCUT2D eigenvalue weighted by molar-refractivity contribution is 5.11. The van der Waals surface area contributed by atoms with E-state index in [1.807, 2.05) is 13.8 Å². The number of aliphatic hydroxyl groups is 1. The Morgan fingerprint density at radius 2 is 1.56 bits per heavy atom. The summed E-state index contributed by atoms with van der Waals surface area (Å²) in [6, 6.07) is 0. The highest BCUT2D eigenvalue weighted by atomic mass is 16.3. The second kappa shape index (κ2) is 8.37. The van der Waals surface area contributed by atoms with Gasteiger partial charge in [0.1, 0.15) is 0 Å². The summed E-state index contributed by atoms with van der Waals surface area (Å²) in [5.74, 6) is 4.81. The molecular formula is C26H48O. The van der Waals surface area contributed by atoms with Crippen LogP contribution in [0.2, 0.25) is 0 Å². The monoisotopic (exact) mass is 376 g/mol. The first-order chi connectivity index (χ1) is 12.9. The van der Waals surface area contributed by atoms with Crippen LogP contribution < -0.4 is 0 Å². The van der Waals surface area contributed by atoms with Crippen LogP contribution in [0.25, 0.3) is 0 Å². The van der Waals surface area contributed by atoms with E-state index < -0.39 is 0 Å². The molecule has 1 nitrogen and oxygen atoms in total. The third-order valence-electron chi connectivity index (χ3n) is 10.0. The molecule has 0 spiro atoms. The molecule has 0 heterocycles. The van der Waals surface area contributed by atoms with Crippen LogP contribution in [0, 0.1) is 46.3 Å². The molecule has 0 amide bonds. The van der Waals surface area contributed by atoms with Crippen molar-refractivity contribution in [1.29, 1.82) is 0 Å². The largest absolute Gasteiger partial charge is 0.393 e. The van der Waals surface area contributed by atoms with Crippen molar-refractivity contribution in [1.82, 2.24) is 0 Å². The number of hydrogen-bond acceptors (Lipinski definition) is 1. The maximum absolute atomic E-state index is 11.3. The zero-order valence-electron chi connectivity index (χ0n) is 19.3. The third kappa shape index (κ3) is 3.53. The van der Waals surface area contributed by atoms with Gasteiger partial charge in [0, 0.05) is 0 Å². The van der Waals surface area contributed by atoms with Crippen LogP contribution >= 0.6 is 0 Å². The zero-order chi connectivity index (χ0) is 19.8. The van der Waals surface area contributed by atoms with Crippen LogP contribution in [0.4, 0.5) is 0 Å². The van der Waals surface area contributed by atoms with Gasteiger partial charge in [-0.2, -0.15) is 0 Å². The first kappa shape index (κ1) is 21.7. The summed E-state index contributed by atoms with van der Waals surface area (Å²) in [7, 11) is 0. The maximum atomic E-state index is 11.3. The molecule has 4 fully saturated rings. The molecule has 27 heavy (non-hydrogen) atoms. The summed E-state index contributed by atoms with van der Waals surface area (Å²) >= 11 is 0. The predicted molar refractivity (Wildman–Crippen MR) is 117 cm³/mol. The summed E-state index contributed by atoms with van der Waals surface area (Å²) in [6.07, 6.45) is 15.2. The van der Waals surface area contributed by atoms with Gasteiger partial charge in [-0.3, -0.25) is 0 Å². The molecule has 7 unspecified atom stereocenters. The minimum Gasteiger partial charge on any atom is -0.393 e. The molecule has 0 saturated heterocycles. The molecule has 4 aliphatic rings. The number of aliphatic hydroxyl groups excluding tert-OH is 1. The van der Waals surface area contributed by atoms with Crippen molar-refractivity contribution in [3.8, 4) is 0 Å². The van der Waals surface area contributed by atoms with Gasteiger partial charge in [0.25, 0.3) is 0 Å². The minimum absolute atomic E-state index is 0.0112. The van der Waals surface area contributed by atoms with Crippen LogP contribution in [0.3, 0.4) is 0 Å². The smallest absolute Gasteiger partial charge is 0.0577 e. The van der Waals surface area contributed by atoms with Crippen molar-refractivity contribution in [2.24, 2.45) is 46.3 Å². The molecule has 0 aromatic carbocycles. The Balaban J connectivity index is 0.00000102. The maximum Gasteiger partial charge on any atom is 0.0577 e. The fourth-order valence-electron chi connectivity index (χ4n) is 8.47. The van der Waals surface area contributed by atoms with Crippen molar-refractivity contribution in [2.75, 3.05) is 0 Å². The van der Waals surface area contributed by atoms with Crippen LogP contribution in [0.1, 0.15) is 112 Å². The average molecular weight is 377 g/mol. The second-order valence-corrected chi connectivity index (χ2v) is 11.1. The van der Waals surface area contributed by atoms with Crippen molar-refractivity contribution in [2.45, 2.75) is 118 Å². The summed E-state index contributed by atoms with van der Waals surface area (Å²) < 4.78 is 0. The molecular weight excluding hydrogens is 328 g/mol. The molecule has 1 N–H and O–H groups in total. The van der Waals surface area contributed by atoms with E-state index >= 15 is 0 Å². The predicted octanol–water partition coefficient (Wildman–Crippen LogP) is 7.47. The Morgan fingerprint density at radius 3 is 2.26 bits per heavy atom. The van der Waals surface area contributed by atoms with Gasteiger partial charge < -0.3 is 5.11 Å². The van der Waals surface area contributed by atoms with Gasteiger partial charge in [-0.25, -0.2) is 0 Å². The van der Waals surface area contributed by atoms with Gasteiger partial charge in [0.2, 0.25) is 0 Å². The normalized spacial score (nSPS) is 51.4. The van der Waals surface area contributed by atoms with Gasteiger partial charge in [-0.15, -0.1) is 0 Å². The molecule has 1 heteroatoms. The number of unbranched alkanes of at least 4 members (excludes halogenated alkanes) is 1. The molecule has 4 rings (SSSR count). The van der Waals surface area contributed by atoms with Gasteiger partial charge in [0.05, 0.1) is 6.10 Å². The summed E-state index contributed by atoms with van der Waals surface area (Å²) in [5, 5.41) is 11.3. The fourth-order valence-corrected chi connectivity index (χ4v) is 8.47. The SMILES string of the molecule is CC.CCCCC1CCC2C3C(CCC12C)C1(C)CC[C@@H](C)CC1C[C@H]3O. The second-order valence-electron chi connectivity index (χ2n) is 11.1. The van der Waals surface area contributed by atoms with E-state index in [1.165, 1.54) is 64.2 Å². The number of rotatable bonds is 3. The van der Waals surface area contributed by atoms with Gasteiger partial charge in [0.15, 0.2) is 0 Å². The van der Waals surface area contributed by atoms with Crippen molar-refractivity contribution in [3.63, 3.8) is 0 Å². The highest BCUT2D eigenvalue weighted by Crippen LogP contribution is 2.68. The van der Waals surface area contributed by atoms with E-state index in [2.05, 4.69) is 27.7 Å². The fraction of sp³-hybridized carbons (Fsp3) is 1.00. The van der Waals surface area contributed by atoms with E-state index in [4.69, 9.17) is 0 Å². The van der Waals surface area contributed by atoms with E-state index in [-0.39, 0.29) is 6.10 Å². The lowest BCUT2D eigenvalue weighted by Gasteiger charge is -2.62. The average Bonchev–Trinajstić information content (AvgIpc) is 2.99. The molecule has 4 aliphatic carbocycles. The first-order valence-electron chi connectivity index (χ1n) is 12.6.